The third-order valence-corrected chi connectivity index (χ3v) is 9.51. The molecule has 0 unspecified atom stereocenters. The fraction of sp³-hybridized carbons (Fsp3) is 0. The van der Waals surface area contributed by atoms with Crippen LogP contribution in [-0.2, 0) is 0 Å². The lowest BCUT2D eigenvalue weighted by molar-refractivity contribution is 1.08. The molecule has 9 aromatic rings. The Labute approximate surface area is 251 Å². The first-order valence-electron chi connectivity index (χ1n) is 14.4. The van der Waals surface area contributed by atoms with Gasteiger partial charge in [-0.25, -0.2) is 15.0 Å². The number of thiophene rings is 1. The monoisotopic (exact) mass is 565 g/mol. The molecule has 0 aliphatic heterocycles. The zero-order valence-corrected chi connectivity index (χ0v) is 23.8. The zero-order valence-electron chi connectivity index (χ0n) is 23.0. The van der Waals surface area contributed by atoms with E-state index >= 15 is 0 Å². The molecule has 0 atom stereocenters. The van der Waals surface area contributed by atoms with E-state index in [9.17, 15) is 0 Å². The molecule has 3 nitrogen and oxygen atoms in total. The van der Waals surface area contributed by atoms with Crippen molar-refractivity contribution >= 4 is 63.8 Å². The van der Waals surface area contributed by atoms with Crippen LogP contribution in [0.3, 0.4) is 0 Å². The molecule has 4 heteroatoms. The van der Waals surface area contributed by atoms with Crippen molar-refractivity contribution in [2.75, 3.05) is 0 Å². The van der Waals surface area contributed by atoms with Gasteiger partial charge in [0.1, 0.15) is 0 Å². The van der Waals surface area contributed by atoms with Crippen molar-refractivity contribution in [3.63, 3.8) is 0 Å². The number of hydrogen-bond acceptors (Lipinski definition) is 4. The number of nitrogens with zero attached hydrogens (tertiary/aromatic N) is 3. The summed E-state index contributed by atoms with van der Waals surface area (Å²) in [4.78, 5) is 15.3. The number of benzene rings is 7. The third kappa shape index (κ3) is 3.99. The number of hydrogen-bond donors (Lipinski definition) is 0. The van der Waals surface area contributed by atoms with Crippen molar-refractivity contribution in [1.29, 1.82) is 0 Å². The number of fused-ring (bicyclic) bond motifs is 7. The molecule has 2 heterocycles. The average molecular weight is 566 g/mol. The molecule has 0 aliphatic carbocycles. The quantitative estimate of drug-likeness (QED) is 0.214. The lowest BCUT2D eigenvalue weighted by Crippen LogP contribution is -2.00. The minimum atomic E-state index is 0.666. The topological polar surface area (TPSA) is 38.7 Å². The molecule has 0 radical (unpaired) electrons. The Kier molecular flexibility index (Phi) is 5.37. The smallest absolute Gasteiger partial charge is 0.164 e. The maximum absolute atomic E-state index is 5.12. The highest BCUT2D eigenvalue weighted by Gasteiger charge is 2.16. The Morgan fingerprint density at radius 1 is 0.372 bits per heavy atom. The maximum Gasteiger partial charge on any atom is 0.164 e. The largest absolute Gasteiger partial charge is 0.208 e. The van der Waals surface area contributed by atoms with Crippen LogP contribution in [0, 0.1) is 0 Å². The van der Waals surface area contributed by atoms with Gasteiger partial charge in [-0.2, -0.15) is 0 Å². The Hall–Kier alpha value is -5.45. The molecular formula is C39H23N3S. The van der Waals surface area contributed by atoms with Crippen molar-refractivity contribution in [3.8, 4) is 34.2 Å². The SMILES string of the molecule is c1ccc2cc(-c3nc(-c4ccc5ccc6c7ccccc7sc6c5c4)nc(-c4cccc5ccccc45)n3)ccc2c1. The minimum Gasteiger partial charge on any atom is -0.208 e. The first-order valence-corrected chi connectivity index (χ1v) is 15.2. The molecule has 9 rings (SSSR count). The molecule has 2 aromatic heterocycles. The number of rotatable bonds is 3. The van der Waals surface area contributed by atoms with E-state index in [1.807, 2.05) is 11.3 Å². The Balaban J connectivity index is 1.30. The van der Waals surface area contributed by atoms with Crippen LogP contribution in [0.4, 0.5) is 0 Å². The first-order chi connectivity index (χ1) is 21.3. The van der Waals surface area contributed by atoms with E-state index in [4.69, 9.17) is 15.0 Å². The van der Waals surface area contributed by atoms with E-state index in [2.05, 4.69) is 140 Å². The van der Waals surface area contributed by atoms with Gasteiger partial charge in [-0.05, 0) is 45.1 Å². The van der Waals surface area contributed by atoms with Gasteiger partial charge in [0, 0.05) is 42.2 Å². The van der Waals surface area contributed by atoms with Crippen LogP contribution in [-0.4, -0.2) is 15.0 Å². The van der Waals surface area contributed by atoms with E-state index in [0.717, 1.165) is 32.8 Å². The predicted octanol–water partition coefficient (Wildman–Crippen LogP) is 10.7. The molecule has 0 saturated heterocycles. The van der Waals surface area contributed by atoms with Crippen molar-refractivity contribution < 1.29 is 0 Å². The summed E-state index contributed by atoms with van der Waals surface area (Å²) in [6, 6.07) is 49.2. The molecular weight excluding hydrogens is 543 g/mol. The van der Waals surface area contributed by atoms with E-state index in [-0.39, 0.29) is 0 Å². The Morgan fingerprint density at radius 2 is 0.977 bits per heavy atom. The van der Waals surface area contributed by atoms with Gasteiger partial charge >= 0.3 is 0 Å². The standard InChI is InChI=1S/C39H23N3S/c1-2-10-27-22-28(18-16-24(27)8-1)37-40-38(42-39(41-37)33-14-7-11-25-9-3-4-12-30(25)33)29-19-17-26-20-21-32-31-13-5-6-15-35(31)43-36(32)34(26)23-29/h1-23H. The summed E-state index contributed by atoms with van der Waals surface area (Å²) >= 11 is 1.84. The van der Waals surface area contributed by atoms with Crippen LogP contribution >= 0.6 is 11.3 Å². The minimum absolute atomic E-state index is 0.666. The molecule has 0 fully saturated rings. The van der Waals surface area contributed by atoms with Crippen molar-refractivity contribution in [3.05, 3.63) is 140 Å². The predicted molar refractivity (Wildman–Crippen MR) is 182 cm³/mol. The van der Waals surface area contributed by atoms with Gasteiger partial charge in [0.2, 0.25) is 0 Å². The lowest BCUT2D eigenvalue weighted by atomic mass is 10.0. The van der Waals surface area contributed by atoms with Gasteiger partial charge in [0.15, 0.2) is 17.5 Å². The first kappa shape index (κ1) is 24.2. The molecule has 0 N–H and O–H groups in total. The second-order valence-corrected chi connectivity index (χ2v) is 11.9. The summed E-state index contributed by atoms with van der Waals surface area (Å²) < 4.78 is 2.59. The molecule has 200 valence electrons. The molecule has 43 heavy (non-hydrogen) atoms. The summed E-state index contributed by atoms with van der Waals surface area (Å²) in [5, 5.41) is 9.64. The average Bonchev–Trinajstić information content (AvgIpc) is 3.47. The van der Waals surface area contributed by atoms with Crippen LogP contribution in [0.5, 0.6) is 0 Å². The van der Waals surface area contributed by atoms with Crippen molar-refractivity contribution in [2.24, 2.45) is 0 Å². The zero-order chi connectivity index (χ0) is 28.3. The summed E-state index contributed by atoms with van der Waals surface area (Å²) in [6.45, 7) is 0. The fourth-order valence-electron chi connectivity index (χ4n) is 6.14. The lowest BCUT2D eigenvalue weighted by Gasteiger charge is -2.11. The number of aromatic nitrogens is 3. The molecule has 7 aromatic carbocycles. The summed E-state index contributed by atoms with van der Waals surface area (Å²) in [6.07, 6.45) is 0. The second-order valence-electron chi connectivity index (χ2n) is 10.9. The van der Waals surface area contributed by atoms with Crippen molar-refractivity contribution in [2.45, 2.75) is 0 Å². The molecule has 0 amide bonds. The third-order valence-electron chi connectivity index (χ3n) is 8.29. The van der Waals surface area contributed by atoms with E-state index < -0.39 is 0 Å². The summed E-state index contributed by atoms with van der Waals surface area (Å²) in [5.74, 6) is 2.00. The molecule has 0 spiro atoms. The van der Waals surface area contributed by atoms with Crippen LogP contribution < -0.4 is 0 Å². The van der Waals surface area contributed by atoms with Gasteiger partial charge in [-0.1, -0.05) is 121 Å². The van der Waals surface area contributed by atoms with E-state index in [1.165, 1.54) is 36.3 Å². The fourth-order valence-corrected chi connectivity index (χ4v) is 7.37. The Bertz CT molecular complexity index is 2520. The highest BCUT2D eigenvalue weighted by Crippen LogP contribution is 2.39. The van der Waals surface area contributed by atoms with Crippen LogP contribution in [0.15, 0.2) is 140 Å². The molecule has 0 aliphatic rings. The van der Waals surface area contributed by atoms with Gasteiger partial charge in [0.05, 0.1) is 0 Å². The normalized spacial score (nSPS) is 11.7. The van der Waals surface area contributed by atoms with Gasteiger partial charge in [0.25, 0.3) is 0 Å². The maximum atomic E-state index is 5.12. The van der Waals surface area contributed by atoms with Gasteiger partial charge < -0.3 is 0 Å². The van der Waals surface area contributed by atoms with E-state index in [1.54, 1.807) is 0 Å². The second kappa shape index (κ2) is 9.55. The van der Waals surface area contributed by atoms with Crippen LogP contribution in [0.1, 0.15) is 0 Å². The summed E-state index contributed by atoms with van der Waals surface area (Å²) in [7, 11) is 0. The Morgan fingerprint density at radius 3 is 1.84 bits per heavy atom. The summed E-state index contributed by atoms with van der Waals surface area (Å²) in [5.41, 5.74) is 2.94. The van der Waals surface area contributed by atoms with Crippen molar-refractivity contribution in [1.82, 2.24) is 15.0 Å². The van der Waals surface area contributed by atoms with Crippen LogP contribution in [0.25, 0.3) is 86.7 Å². The van der Waals surface area contributed by atoms with Crippen LogP contribution in [0.2, 0.25) is 0 Å². The molecule has 0 bridgehead atoms. The van der Waals surface area contributed by atoms with Gasteiger partial charge in [-0.15, -0.1) is 11.3 Å². The molecule has 0 saturated carbocycles. The van der Waals surface area contributed by atoms with Gasteiger partial charge in [-0.3, -0.25) is 0 Å². The van der Waals surface area contributed by atoms with E-state index in [0.29, 0.717) is 17.5 Å². The highest BCUT2D eigenvalue weighted by atomic mass is 32.1. The highest BCUT2D eigenvalue weighted by molar-refractivity contribution is 7.26.